The first-order chi connectivity index (χ1) is 17.1. The SMILES string of the molecule is CC1(C)CCCC2(C)C1CCC1(C)C2CCC2C3CCCC3(COC(=O)c3ccccc3)CC[C@]21C. The summed E-state index contributed by atoms with van der Waals surface area (Å²) in [7, 11) is 0. The number of fused-ring (bicyclic) bond motifs is 7. The Morgan fingerprint density at radius 1 is 0.750 bits per heavy atom. The molecule has 5 fully saturated rings. The maximum atomic E-state index is 12.9. The molecule has 0 aliphatic heterocycles. The van der Waals surface area contributed by atoms with Gasteiger partial charge in [-0.15, -0.1) is 0 Å². The molecule has 6 rings (SSSR count). The lowest BCUT2D eigenvalue weighted by molar-refractivity contribution is -0.236. The fraction of sp³-hybridized carbons (Fsp3) is 0.794. The van der Waals surface area contributed by atoms with Crippen molar-refractivity contribution in [2.24, 2.45) is 50.7 Å². The van der Waals surface area contributed by atoms with Crippen LogP contribution in [0.5, 0.6) is 0 Å². The Bertz CT molecular complexity index is 998. The second-order valence-electron chi connectivity index (χ2n) is 15.3. The summed E-state index contributed by atoms with van der Waals surface area (Å²) in [6.45, 7) is 14.0. The van der Waals surface area contributed by atoms with Gasteiger partial charge in [0.15, 0.2) is 0 Å². The number of benzene rings is 1. The van der Waals surface area contributed by atoms with Gasteiger partial charge in [0.05, 0.1) is 12.2 Å². The molecule has 1 aromatic rings. The molecule has 0 bridgehead atoms. The van der Waals surface area contributed by atoms with Crippen LogP contribution in [-0.4, -0.2) is 12.6 Å². The third-order valence-corrected chi connectivity index (χ3v) is 13.8. The molecule has 0 heterocycles. The van der Waals surface area contributed by atoms with Crippen molar-refractivity contribution < 1.29 is 9.53 Å². The van der Waals surface area contributed by atoms with Crippen LogP contribution in [0.15, 0.2) is 30.3 Å². The first-order valence-corrected chi connectivity index (χ1v) is 15.3. The molecule has 2 heteroatoms. The summed E-state index contributed by atoms with van der Waals surface area (Å²) in [4.78, 5) is 12.9. The number of hydrogen-bond donors (Lipinski definition) is 0. The smallest absolute Gasteiger partial charge is 0.338 e. The molecule has 0 radical (unpaired) electrons. The van der Waals surface area contributed by atoms with E-state index in [4.69, 9.17) is 4.74 Å². The van der Waals surface area contributed by atoms with Crippen LogP contribution in [-0.2, 0) is 4.74 Å². The first kappa shape index (κ1) is 25.0. The van der Waals surface area contributed by atoms with E-state index in [1.54, 1.807) is 0 Å². The van der Waals surface area contributed by atoms with Crippen molar-refractivity contribution in [2.45, 2.75) is 112 Å². The maximum absolute atomic E-state index is 12.9. The van der Waals surface area contributed by atoms with Gasteiger partial charge in [0, 0.05) is 5.41 Å². The van der Waals surface area contributed by atoms with Crippen molar-refractivity contribution in [1.29, 1.82) is 0 Å². The first-order valence-electron chi connectivity index (χ1n) is 15.3. The molecule has 36 heavy (non-hydrogen) atoms. The zero-order valence-corrected chi connectivity index (χ0v) is 23.7. The van der Waals surface area contributed by atoms with Crippen LogP contribution >= 0.6 is 0 Å². The zero-order chi connectivity index (χ0) is 25.4. The molecule has 2 nitrogen and oxygen atoms in total. The minimum absolute atomic E-state index is 0.134. The van der Waals surface area contributed by atoms with Gasteiger partial charge in [0.25, 0.3) is 0 Å². The molecule has 5 saturated carbocycles. The van der Waals surface area contributed by atoms with Gasteiger partial charge in [0.2, 0.25) is 0 Å². The van der Waals surface area contributed by atoms with Crippen LogP contribution in [0.1, 0.15) is 122 Å². The minimum Gasteiger partial charge on any atom is -0.461 e. The Labute approximate surface area is 220 Å². The van der Waals surface area contributed by atoms with Gasteiger partial charge >= 0.3 is 5.97 Å². The number of hydrogen-bond acceptors (Lipinski definition) is 2. The second-order valence-corrected chi connectivity index (χ2v) is 15.3. The Hall–Kier alpha value is -1.31. The van der Waals surface area contributed by atoms with E-state index in [9.17, 15) is 4.79 Å². The standard InChI is InChI=1S/C34H50O2/c1-30(2)17-10-18-31(3)27(30)16-20-33(5)28(31)15-14-25-26-13-9-19-34(26,22-21-32(25,33)4)23-36-29(35)24-11-7-6-8-12-24/h6-8,11-12,25-28H,9-10,13-23H2,1-5H3/t25?,26?,27?,28?,31?,32-,33?,34?/m1/s1. The lowest BCUT2D eigenvalue weighted by Gasteiger charge is -2.72. The summed E-state index contributed by atoms with van der Waals surface area (Å²) in [5.41, 5.74) is 2.79. The average Bonchev–Trinajstić information content (AvgIpc) is 3.27. The van der Waals surface area contributed by atoms with E-state index < -0.39 is 0 Å². The molecule has 7 unspecified atom stereocenters. The molecule has 0 amide bonds. The summed E-state index contributed by atoms with van der Waals surface area (Å²) < 4.78 is 6.09. The molecule has 5 aliphatic rings. The van der Waals surface area contributed by atoms with Gasteiger partial charge in [0.1, 0.15) is 0 Å². The fourth-order valence-electron chi connectivity index (χ4n) is 11.9. The minimum atomic E-state index is -0.134. The topological polar surface area (TPSA) is 26.3 Å². The fourth-order valence-corrected chi connectivity index (χ4v) is 11.9. The summed E-state index contributed by atoms with van der Waals surface area (Å²) in [5, 5.41) is 0. The number of ether oxygens (including phenoxy) is 1. The molecule has 198 valence electrons. The lowest BCUT2D eigenvalue weighted by atomic mass is 9.32. The summed E-state index contributed by atoms with van der Waals surface area (Å²) >= 11 is 0. The maximum Gasteiger partial charge on any atom is 0.338 e. The quantitative estimate of drug-likeness (QED) is 0.395. The van der Waals surface area contributed by atoms with Crippen molar-refractivity contribution in [3.05, 3.63) is 35.9 Å². The van der Waals surface area contributed by atoms with E-state index in [1.165, 1.54) is 77.0 Å². The van der Waals surface area contributed by atoms with E-state index in [0.29, 0.717) is 33.8 Å². The van der Waals surface area contributed by atoms with Crippen molar-refractivity contribution in [2.75, 3.05) is 6.61 Å². The second kappa shape index (κ2) is 8.34. The van der Waals surface area contributed by atoms with Gasteiger partial charge in [-0.25, -0.2) is 4.79 Å². The summed E-state index contributed by atoms with van der Waals surface area (Å²) in [6, 6.07) is 9.59. The lowest BCUT2D eigenvalue weighted by Crippen LogP contribution is -2.65. The van der Waals surface area contributed by atoms with Gasteiger partial charge in [-0.1, -0.05) is 65.7 Å². The highest BCUT2D eigenvalue weighted by Crippen LogP contribution is 2.76. The van der Waals surface area contributed by atoms with Crippen LogP contribution in [0.2, 0.25) is 0 Å². The van der Waals surface area contributed by atoms with Crippen molar-refractivity contribution >= 4 is 5.97 Å². The van der Waals surface area contributed by atoms with Gasteiger partial charge in [-0.2, -0.15) is 0 Å². The molecule has 0 saturated heterocycles. The van der Waals surface area contributed by atoms with Crippen LogP contribution in [0.25, 0.3) is 0 Å². The van der Waals surface area contributed by atoms with Crippen molar-refractivity contribution in [1.82, 2.24) is 0 Å². The number of esters is 1. The molecule has 0 N–H and O–H groups in total. The molecule has 5 aliphatic carbocycles. The van der Waals surface area contributed by atoms with E-state index in [2.05, 4.69) is 34.6 Å². The van der Waals surface area contributed by atoms with E-state index >= 15 is 0 Å². The number of carbonyl (C=O) groups excluding carboxylic acids is 1. The van der Waals surface area contributed by atoms with Crippen LogP contribution in [0.3, 0.4) is 0 Å². The van der Waals surface area contributed by atoms with Crippen LogP contribution < -0.4 is 0 Å². The van der Waals surface area contributed by atoms with Crippen molar-refractivity contribution in [3.8, 4) is 0 Å². The van der Waals surface area contributed by atoms with Gasteiger partial charge in [-0.3, -0.25) is 0 Å². The molecular formula is C34H50O2. The third kappa shape index (κ3) is 3.37. The van der Waals surface area contributed by atoms with E-state index in [-0.39, 0.29) is 11.4 Å². The normalized spacial score (nSPS) is 47.1. The summed E-state index contributed by atoms with van der Waals surface area (Å²) in [5.74, 6) is 3.15. The Morgan fingerprint density at radius 2 is 1.53 bits per heavy atom. The van der Waals surface area contributed by atoms with E-state index in [0.717, 1.165) is 23.7 Å². The Kier molecular flexibility index (Phi) is 5.79. The van der Waals surface area contributed by atoms with Crippen LogP contribution in [0.4, 0.5) is 0 Å². The molecule has 0 spiro atoms. The largest absolute Gasteiger partial charge is 0.461 e. The number of carbonyl (C=O) groups is 1. The zero-order valence-electron chi connectivity index (χ0n) is 23.7. The number of rotatable bonds is 3. The third-order valence-electron chi connectivity index (χ3n) is 13.8. The Balaban J connectivity index is 1.26. The van der Waals surface area contributed by atoms with Gasteiger partial charge < -0.3 is 4.74 Å². The molecule has 0 aromatic heterocycles. The van der Waals surface area contributed by atoms with E-state index in [1.807, 2.05) is 30.3 Å². The highest BCUT2D eigenvalue weighted by Gasteiger charge is 2.69. The highest BCUT2D eigenvalue weighted by atomic mass is 16.5. The Morgan fingerprint density at radius 3 is 2.31 bits per heavy atom. The predicted octanol–water partition coefficient (Wildman–Crippen LogP) is 9.09. The average molecular weight is 491 g/mol. The summed E-state index contributed by atoms with van der Waals surface area (Å²) in [6.07, 6.45) is 16.5. The monoisotopic (exact) mass is 490 g/mol. The van der Waals surface area contributed by atoms with Crippen molar-refractivity contribution in [3.63, 3.8) is 0 Å². The highest BCUT2D eigenvalue weighted by molar-refractivity contribution is 5.89. The predicted molar refractivity (Wildman–Crippen MR) is 147 cm³/mol. The molecular weight excluding hydrogens is 440 g/mol. The molecule has 8 atom stereocenters. The van der Waals surface area contributed by atoms with Crippen LogP contribution in [0, 0.1) is 50.7 Å². The van der Waals surface area contributed by atoms with Gasteiger partial charge in [-0.05, 0) is 122 Å². The molecule has 1 aromatic carbocycles.